The summed E-state index contributed by atoms with van der Waals surface area (Å²) in [5.41, 5.74) is 7.78. The van der Waals surface area contributed by atoms with Crippen molar-refractivity contribution < 1.29 is 38.1 Å². The number of carbonyl (C=O) groups is 4. The third kappa shape index (κ3) is 9.10. The largest absolute Gasteiger partial charge is 0.493 e. The summed E-state index contributed by atoms with van der Waals surface area (Å²) in [6.45, 7) is 3.75. The van der Waals surface area contributed by atoms with Crippen LogP contribution in [0, 0.1) is 0 Å². The number of nitrogens with zero attached hydrogens (tertiary/aromatic N) is 3. The van der Waals surface area contributed by atoms with Gasteiger partial charge in [0.2, 0.25) is 12.3 Å². The van der Waals surface area contributed by atoms with Gasteiger partial charge in [0, 0.05) is 68.4 Å². The van der Waals surface area contributed by atoms with E-state index in [9.17, 15) is 19.2 Å². The van der Waals surface area contributed by atoms with E-state index in [0.29, 0.717) is 60.0 Å². The molecule has 0 fully saturated rings. The zero-order chi connectivity index (χ0) is 43.0. The van der Waals surface area contributed by atoms with Gasteiger partial charge >= 0.3 is 0 Å². The molecular formula is C48H51N5O8. The Labute approximate surface area is 356 Å². The molecule has 0 aliphatic carbocycles. The number of likely N-dealkylation sites (N-methyl/N-ethyl adjacent to an activating group) is 1. The quantitative estimate of drug-likeness (QED) is 0.0847. The molecule has 5 aromatic carbocycles. The number of aldehydes is 1. The monoisotopic (exact) mass is 825 g/mol. The molecule has 0 saturated carbocycles. The lowest BCUT2D eigenvalue weighted by Crippen LogP contribution is -2.39. The van der Waals surface area contributed by atoms with Gasteiger partial charge in [-0.15, -0.1) is 0 Å². The number of para-hydroxylation sites is 2. The molecule has 13 nitrogen and oxygen atoms in total. The molecule has 2 aliphatic heterocycles. The van der Waals surface area contributed by atoms with Crippen molar-refractivity contribution in [3.63, 3.8) is 0 Å². The molecule has 7 rings (SSSR count). The summed E-state index contributed by atoms with van der Waals surface area (Å²) in [6, 6.07) is 27.7. The van der Waals surface area contributed by atoms with Crippen LogP contribution in [-0.2, 0) is 35.6 Å². The number of hydrogen-bond acceptors (Lipinski definition) is 10. The van der Waals surface area contributed by atoms with Gasteiger partial charge in [-0.25, -0.2) is 0 Å². The molecule has 0 aromatic heterocycles. The highest BCUT2D eigenvalue weighted by Crippen LogP contribution is 2.39. The summed E-state index contributed by atoms with van der Waals surface area (Å²) < 4.78 is 24.1. The van der Waals surface area contributed by atoms with Crippen LogP contribution in [0.25, 0.3) is 0 Å². The van der Waals surface area contributed by atoms with Crippen LogP contribution in [0.1, 0.15) is 62.7 Å². The second-order valence-corrected chi connectivity index (χ2v) is 15.2. The van der Waals surface area contributed by atoms with Gasteiger partial charge in [0.25, 0.3) is 5.91 Å². The van der Waals surface area contributed by atoms with E-state index in [2.05, 4.69) is 22.5 Å². The number of amides is 3. The van der Waals surface area contributed by atoms with Gasteiger partial charge in [-0.1, -0.05) is 49.7 Å². The van der Waals surface area contributed by atoms with Gasteiger partial charge in [0.05, 0.1) is 31.2 Å². The van der Waals surface area contributed by atoms with E-state index < -0.39 is 6.04 Å². The summed E-state index contributed by atoms with van der Waals surface area (Å²) in [6.07, 6.45) is 4.53. The van der Waals surface area contributed by atoms with Crippen molar-refractivity contribution >= 4 is 52.9 Å². The van der Waals surface area contributed by atoms with Crippen molar-refractivity contribution in [3.8, 4) is 23.0 Å². The van der Waals surface area contributed by atoms with E-state index in [0.717, 1.165) is 65.1 Å². The summed E-state index contributed by atoms with van der Waals surface area (Å²) in [4.78, 5) is 57.3. The Bertz CT molecular complexity index is 2440. The van der Waals surface area contributed by atoms with Crippen molar-refractivity contribution in [3.05, 3.63) is 124 Å². The molecule has 0 radical (unpaired) electrons. The second kappa shape index (κ2) is 18.9. The Morgan fingerprint density at radius 3 is 2.08 bits per heavy atom. The normalized spacial score (nSPS) is 13.8. The first-order valence-electron chi connectivity index (χ1n) is 20.4. The Hall–Kier alpha value is -7.02. The van der Waals surface area contributed by atoms with Gasteiger partial charge in [-0.05, 0) is 77.6 Å². The molecule has 0 bridgehead atoms. The highest BCUT2D eigenvalue weighted by atomic mass is 16.5. The minimum Gasteiger partial charge on any atom is -0.493 e. The van der Waals surface area contributed by atoms with E-state index >= 15 is 0 Å². The smallest absolute Gasteiger partial charge is 0.260 e. The van der Waals surface area contributed by atoms with E-state index in [1.165, 1.54) is 14.2 Å². The summed E-state index contributed by atoms with van der Waals surface area (Å²) in [5.74, 6) is 0.870. The van der Waals surface area contributed by atoms with Gasteiger partial charge in [0.15, 0.2) is 29.3 Å². The average Bonchev–Trinajstić information content (AvgIpc) is 3.87. The Morgan fingerprint density at radius 2 is 1.44 bits per heavy atom. The molecule has 13 heteroatoms. The number of anilines is 5. The lowest BCUT2D eigenvalue weighted by molar-refractivity contribution is -0.117. The van der Waals surface area contributed by atoms with Crippen LogP contribution < -0.4 is 44.3 Å². The van der Waals surface area contributed by atoms with Crippen molar-refractivity contribution in [1.29, 1.82) is 0 Å². The van der Waals surface area contributed by atoms with Crippen molar-refractivity contribution in [2.75, 3.05) is 66.7 Å². The standard InChI is InChI=1S/C48H51N5O8/c1-6-7-17-51(2)36-20-31(28-60-45-25-38(35(27-54)23-43(45)58-4)50-47(56)42-22-34-13-9-10-14-40(34)52(42)3)19-32(21-36)29-61-46-26-39(49-30-55)37(24-44(46)59-5)48(57)53-18-16-33-12-8-11-15-41(33)53/h8-15,19-21,23-27,30,42H,6-7,16-18,22,28-29H2,1-5H3,(H,49,55)(H,50,56). The molecule has 5 aromatic rings. The first kappa shape index (κ1) is 42.1. The maximum absolute atomic E-state index is 13.9. The number of unbranched alkanes of at least 4 members (excludes halogenated alkanes) is 1. The fourth-order valence-electron chi connectivity index (χ4n) is 7.94. The van der Waals surface area contributed by atoms with Crippen LogP contribution in [0.4, 0.5) is 28.4 Å². The molecule has 2 heterocycles. The number of methoxy groups -OCH3 is 2. The summed E-state index contributed by atoms with van der Waals surface area (Å²) >= 11 is 0. The number of rotatable bonds is 18. The van der Waals surface area contributed by atoms with E-state index in [4.69, 9.17) is 18.9 Å². The Balaban J connectivity index is 1.12. The van der Waals surface area contributed by atoms with Gasteiger partial charge in [-0.3, -0.25) is 19.2 Å². The van der Waals surface area contributed by atoms with Crippen LogP contribution in [0.3, 0.4) is 0 Å². The predicted octanol–water partition coefficient (Wildman–Crippen LogP) is 7.68. The van der Waals surface area contributed by atoms with Gasteiger partial charge in [0.1, 0.15) is 19.3 Å². The third-order valence-corrected chi connectivity index (χ3v) is 11.3. The predicted molar refractivity (Wildman–Crippen MR) is 237 cm³/mol. The van der Waals surface area contributed by atoms with Gasteiger partial charge in [-0.2, -0.15) is 0 Å². The Morgan fingerprint density at radius 1 is 0.803 bits per heavy atom. The molecular weight excluding hydrogens is 775 g/mol. The van der Waals surface area contributed by atoms with Crippen LogP contribution in [0.2, 0.25) is 0 Å². The molecule has 0 spiro atoms. The van der Waals surface area contributed by atoms with Crippen molar-refractivity contribution in [2.45, 2.75) is 51.9 Å². The molecule has 316 valence electrons. The minimum atomic E-state index is -0.446. The van der Waals surface area contributed by atoms with E-state index in [1.807, 2.05) is 85.7 Å². The fourth-order valence-corrected chi connectivity index (χ4v) is 7.94. The first-order valence-corrected chi connectivity index (χ1v) is 20.4. The lowest BCUT2D eigenvalue weighted by Gasteiger charge is -2.23. The molecule has 61 heavy (non-hydrogen) atoms. The van der Waals surface area contributed by atoms with Crippen molar-refractivity contribution in [1.82, 2.24) is 0 Å². The molecule has 1 unspecified atom stereocenters. The zero-order valence-corrected chi connectivity index (χ0v) is 35.2. The summed E-state index contributed by atoms with van der Waals surface area (Å²) in [7, 11) is 6.92. The number of ether oxygens (including phenoxy) is 4. The second-order valence-electron chi connectivity index (χ2n) is 15.2. The number of carbonyl (C=O) groups excluding carboxylic acids is 4. The zero-order valence-electron chi connectivity index (χ0n) is 35.2. The fraction of sp³-hybridized carbons (Fsp3) is 0.292. The SMILES string of the molecule is CCCCN(C)c1cc(COc2cc(NC(=O)C3Cc4ccccc4N3C)c(C=O)cc2OC)cc(COc2cc(NC=O)c(C(=O)N3CCc4ccccc43)cc2OC)c1. The number of hydrogen-bond donors (Lipinski definition) is 2. The number of nitrogens with one attached hydrogen (secondary N) is 2. The molecule has 2 N–H and O–H groups in total. The highest BCUT2D eigenvalue weighted by molar-refractivity contribution is 6.12. The van der Waals surface area contributed by atoms with E-state index in [1.54, 1.807) is 29.2 Å². The van der Waals surface area contributed by atoms with Crippen LogP contribution in [0.5, 0.6) is 23.0 Å². The maximum Gasteiger partial charge on any atom is 0.260 e. The maximum atomic E-state index is 13.9. The first-order chi connectivity index (χ1) is 29.7. The number of fused-ring (bicyclic) bond motifs is 2. The molecule has 3 amide bonds. The third-order valence-electron chi connectivity index (χ3n) is 11.3. The van der Waals surface area contributed by atoms with Crippen LogP contribution in [0.15, 0.2) is 91.0 Å². The topological polar surface area (TPSA) is 139 Å². The molecule has 0 saturated heterocycles. The van der Waals surface area contributed by atoms with Crippen molar-refractivity contribution in [2.24, 2.45) is 0 Å². The average molecular weight is 826 g/mol. The highest BCUT2D eigenvalue weighted by Gasteiger charge is 2.32. The lowest BCUT2D eigenvalue weighted by atomic mass is 10.1. The summed E-state index contributed by atoms with van der Waals surface area (Å²) in [5, 5.41) is 5.66. The Kier molecular flexibility index (Phi) is 13.1. The van der Waals surface area contributed by atoms with E-state index in [-0.39, 0.29) is 36.2 Å². The van der Waals surface area contributed by atoms with Crippen LogP contribution in [-0.4, -0.2) is 72.0 Å². The molecule has 2 aliphatic rings. The molecule has 1 atom stereocenters. The number of benzene rings is 5. The van der Waals surface area contributed by atoms with Crippen LogP contribution >= 0.6 is 0 Å². The minimum absolute atomic E-state index is 0.124. The van der Waals surface area contributed by atoms with Gasteiger partial charge < -0.3 is 44.3 Å².